The highest BCUT2D eigenvalue weighted by molar-refractivity contribution is 5.76. The first-order valence-corrected chi connectivity index (χ1v) is 5.78. The number of fused-ring (bicyclic) bond motifs is 1. The Morgan fingerprint density at radius 3 is 2.67 bits per heavy atom. The number of likely N-dealkylation sites (tertiary alicyclic amines) is 1. The molecule has 0 bridgehead atoms. The first kappa shape index (κ1) is 10.9. The summed E-state index contributed by atoms with van der Waals surface area (Å²) in [6.07, 6.45) is 1.49. The van der Waals surface area contributed by atoms with Crippen LogP contribution in [0.5, 0.6) is 0 Å². The average Bonchev–Trinajstić information content (AvgIpc) is 2.76. The van der Waals surface area contributed by atoms with Crippen molar-refractivity contribution in [2.75, 3.05) is 39.9 Å². The fraction of sp³-hybridized carbons (Fsp3) is 0.909. The molecule has 15 heavy (non-hydrogen) atoms. The summed E-state index contributed by atoms with van der Waals surface area (Å²) in [5.74, 6) is 1.72. The SMILES string of the molecule is COCCCC(=O)N1CC2CNCC2C1. The molecular formula is C11H20N2O2. The molecule has 2 aliphatic rings. The monoisotopic (exact) mass is 212 g/mol. The molecule has 2 heterocycles. The highest BCUT2D eigenvalue weighted by atomic mass is 16.5. The molecule has 2 unspecified atom stereocenters. The van der Waals surface area contributed by atoms with Gasteiger partial charge in [-0.15, -0.1) is 0 Å². The predicted molar refractivity (Wildman–Crippen MR) is 57.5 cm³/mol. The summed E-state index contributed by atoms with van der Waals surface area (Å²) in [5.41, 5.74) is 0. The largest absolute Gasteiger partial charge is 0.385 e. The summed E-state index contributed by atoms with van der Waals surface area (Å²) in [7, 11) is 1.68. The third-order valence-electron chi connectivity index (χ3n) is 3.48. The Kier molecular flexibility index (Phi) is 3.59. The van der Waals surface area contributed by atoms with Crippen LogP contribution < -0.4 is 5.32 Å². The zero-order chi connectivity index (χ0) is 10.7. The van der Waals surface area contributed by atoms with Crippen molar-refractivity contribution in [2.24, 2.45) is 11.8 Å². The molecule has 0 aromatic carbocycles. The van der Waals surface area contributed by atoms with Gasteiger partial charge in [0.1, 0.15) is 0 Å². The van der Waals surface area contributed by atoms with Crippen LogP contribution in [0.4, 0.5) is 0 Å². The molecule has 0 radical (unpaired) electrons. The van der Waals surface area contributed by atoms with Gasteiger partial charge in [-0.1, -0.05) is 0 Å². The van der Waals surface area contributed by atoms with Gasteiger partial charge in [-0.3, -0.25) is 4.79 Å². The van der Waals surface area contributed by atoms with Gasteiger partial charge in [0.15, 0.2) is 0 Å². The van der Waals surface area contributed by atoms with E-state index in [2.05, 4.69) is 5.32 Å². The molecule has 2 atom stereocenters. The summed E-state index contributed by atoms with van der Waals surface area (Å²) in [6.45, 7) is 4.79. The number of nitrogens with zero attached hydrogens (tertiary/aromatic N) is 1. The van der Waals surface area contributed by atoms with Crippen LogP contribution in [0.3, 0.4) is 0 Å². The minimum atomic E-state index is 0.307. The first-order valence-electron chi connectivity index (χ1n) is 5.78. The number of hydrogen-bond donors (Lipinski definition) is 1. The number of carbonyl (C=O) groups is 1. The maximum Gasteiger partial charge on any atom is 0.222 e. The van der Waals surface area contributed by atoms with Crippen LogP contribution in [0.1, 0.15) is 12.8 Å². The van der Waals surface area contributed by atoms with Crippen molar-refractivity contribution in [1.82, 2.24) is 10.2 Å². The lowest BCUT2D eigenvalue weighted by atomic mass is 10.0. The minimum absolute atomic E-state index is 0.307. The molecule has 2 fully saturated rings. The molecule has 1 amide bonds. The lowest BCUT2D eigenvalue weighted by molar-refractivity contribution is -0.130. The van der Waals surface area contributed by atoms with Gasteiger partial charge in [-0.2, -0.15) is 0 Å². The zero-order valence-corrected chi connectivity index (χ0v) is 9.37. The third-order valence-corrected chi connectivity index (χ3v) is 3.48. The molecule has 2 saturated heterocycles. The van der Waals surface area contributed by atoms with E-state index in [1.54, 1.807) is 7.11 Å². The van der Waals surface area contributed by atoms with Crippen LogP contribution in [-0.4, -0.2) is 50.7 Å². The molecule has 0 saturated carbocycles. The fourth-order valence-corrected chi connectivity index (χ4v) is 2.58. The lowest BCUT2D eigenvalue weighted by Crippen LogP contribution is -2.31. The van der Waals surface area contributed by atoms with Gasteiger partial charge < -0.3 is 15.0 Å². The Hall–Kier alpha value is -0.610. The number of rotatable bonds is 4. The number of hydrogen-bond acceptors (Lipinski definition) is 3. The van der Waals surface area contributed by atoms with Gasteiger partial charge in [0, 0.05) is 46.3 Å². The van der Waals surface area contributed by atoms with Crippen molar-refractivity contribution in [3.63, 3.8) is 0 Å². The Labute approximate surface area is 91.0 Å². The van der Waals surface area contributed by atoms with Gasteiger partial charge in [0.2, 0.25) is 5.91 Å². The van der Waals surface area contributed by atoms with Crippen LogP contribution in [0.15, 0.2) is 0 Å². The van der Waals surface area contributed by atoms with Crippen molar-refractivity contribution in [3.8, 4) is 0 Å². The van der Waals surface area contributed by atoms with Crippen molar-refractivity contribution in [2.45, 2.75) is 12.8 Å². The minimum Gasteiger partial charge on any atom is -0.385 e. The van der Waals surface area contributed by atoms with E-state index < -0.39 is 0 Å². The molecule has 2 aliphatic heterocycles. The quantitative estimate of drug-likeness (QED) is 0.672. The van der Waals surface area contributed by atoms with Gasteiger partial charge in [0.05, 0.1) is 0 Å². The molecule has 0 aromatic rings. The smallest absolute Gasteiger partial charge is 0.222 e. The molecule has 4 nitrogen and oxygen atoms in total. The Morgan fingerprint density at radius 2 is 2.07 bits per heavy atom. The van der Waals surface area contributed by atoms with E-state index in [1.807, 2.05) is 4.90 Å². The Balaban J connectivity index is 1.73. The standard InChI is InChI=1S/C11H20N2O2/c1-15-4-2-3-11(14)13-7-9-5-12-6-10(9)8-13/h9-10,12H,2-8H2,1H3. The third kappa shape index (κ3) is 2.49. The molecule has 1 N–H and O–H groups in total. The van der Waals surface area contributed by atoms with E-state index in [1.165, 1.54) is 0 Å². The fourth-order valence-electron chi connectivity index (χ4n) is 2.58. The summed E-state index contributed by atoms with van der Waals surface area (Å²) in [5, 5.41) is 3.38. The maximum absolute atomic E-state index is 11.8. The zero-order valence-electron chi connectivity index (χ0n) is 9.37. The highest BCUT2D eigenvalue weighted by Crippen LogP contribution is 2.26. The molecule has 0 aliphatic carbocycles. The molecule has 4 heteroatoms. The van der Waals surface area contributed by atoms with Gasteiger partial charge in [-0.05, 0) is 18.3 Å². The number of nitrogens with one attached hydrogen (secondary N) is 1. The second-order valence-electron chi connectivity index (χ2n) is 4.57. The lowest BCUT2D eigenvalue weighted by Gasteiger charge is -2.17. The van der Waals surface area contributed by atoms with Crippen molar-refractivity contribution >= 4 is 5.91 Å². The van der Waals surface area contributed by atoms with Crippen molar-refractivity contribution in [1.29, 1.82) is 0 Å². The van der Waals surface area contributed by atoms with Gasteiger partial charge >= 0.3 is 0 Å². The second kappa shape index (κ2) is 4.94. The summed E-state index contributed by atoms with van der Waals surface area (Å²) in [4.78, 5) is 13.8. The van der Waals surface area contributed by atoms with Crippen LogP contribution in [0.25, 0.3) is 0 Å². The molecule has 0 spiro atoms. The predicted octanol–water partition coefficient (Wildman–Crippen LogP) is 0.0908. The van der Waals surface area contributed by atoms with E-state index in [0.717, 1.165) is 32.6 Å². The molecule has 2 rings (SSSR count). The van der Waals surface area contributed by atoms with Gasteiger partial charge in [0.25, 0.3) is 0 Å². The van der Waals surface area contributed by atoms with Crippen LogP contribution >= 0.6 is 0 Å². The highest BCUT2D eigenvalue weighted by Gasteiger charge is 2.37. The van der Waals surface area contributed by atoms with Crippen LogP contribution in [0.2, 0.25) is 0 Å². The maximum atomic E-state index is 11.8. The Bertz CT molecular complexity index is 221. The molecule has 0 aromatic heterocycles. The summed E-state index contributed by atoms with van der Waals surface area (Å²) >= 11 is 0. The summed E-state index contributed by atoms with van der Waals surface area (Å²) in [6, 6.07) is 0. The van der Waals surface area contributed by atoms with Crippen LogP contribution in [0, 0.1) is 11.8 Å². The molecule has 86 valence electrons. The van der Waals surface area contributed by atoms with Crippen molar-refractivity contribution < 1.29 is 9.53 Å². The number of methoxy groups -OCH3 is 1. The average molecular weight is 212 g/mol. The van der Waals surface area contributed by atoms with E-state index >= 15 is 0 Å². The second-order valence-corrected chi connectivity index (χ2v) is 4.57. The normalized spacial score (nSPS) is 29.5. The summed E-state index contributed by atoms with van der Waals surface area (Å²) < 4.78 is 4.95. The van der Waals surface area contributed by atoms with E-state index in [9.17, 15) is 4.79 Å². The van der Waals surface area contributed by atoms with Crippen molar-refractivity contribution in [3.05, 3.63) is 0 Å². The molecular weight excluding hydrogens is 192 g/mol. The number of amides is 1. The Morgan fingerprint density at radius 1 is 1.40 bits per heavy atom. The van der Waals surface area contributed by atoms with Crippen LogP contribution in [-0.2, 0) is 9.53 Å². The van der Waals surface area contributed by atoms with E-state index in [0.29, 0.717) is 30.8 Å². The van der Waals surface area contributed by atoms with E-state index in [4.69, 9.17) is 4.74 Å². The topological polar surface area (TPSA) is 41.6 Å². The van der Waals surface area contributed by atoms with Gasteiger partial charge in [-0.25, -0.2) is 0 Å². The first-order chi connectivity index (χ1) is 7.31. The van der Waals surface area contributed by atoms with E-state index in [-0.39, 0.29) is 0 Å². The number of ether oxygens (including phenoxy) is 1. The number of carbonyl (C=O) groups excluding carboxylic acids is 1.